The second-order valence-electron chi connectivity index (χ2n) is 4.50. The number of nitrogens with zero attached hydrogens (tertiary/aromatic N) is 1. The van der Waals surface area contributed by atoms with Gasteiger partial charge in [-0.1, -0.05) is 12.1 Å². The Bertz CT molecular complexity index is 651. The predicted molar refractivity (Wildman–Crippen MR) is 77.2 cm³/mol. The van der Waals surface area contributed by atoms with Gasteiger partial charge in [0.15, 0.2) is 5.69 Å². The number of rotatable bonds is 6. The van der Waals surface area contributed by atoms with E-state index in [9.17, 15) is 14.9 Å². The number of aryl methyl sites for hydroxylation is 1. The lowest BCUT2D eigenvalue weighted by Crippen LogP contribution is -2.12. The summed E-state index contributed by atoms with van der Waals surface area (Å²) in [6.45, 7) is 0.114. The molecule has 0 spiro atoms. The zero-order valence-electron chi connectivity index (χ0n) is 11.2. The fourth-order valence-corrected chi connectivity index (χ4v) is 1.91. The summed E-state index contributed by atoms with van der Waals surface area (Å²) in [6, 6.07) is 9.86. The fourth-order valence-electron chi connectivity index (χ4n) is 1.91. The Morgan fingerprint density at radius 1 is 1.33 bits per heavy atom. The molecule has 7 heteroatoms. The number of hydrogen-bond donors (Lipinski definition) is 3. The van der Waals surface area contributed by atoms with Crippen LogP contribution in [-0.2, 0) is 6.42 Å². The number of H-pyrrole nitrogens is 1. The molecular weight excluding hydrogens is 274 g/mol. The third-order valence-corrected chi connectivity index (χ3v) is 2.92. The van der Waals surface area contributed by atoms with Gasteiger partial charge >= 0.3 is 5.82 Å². The highest BCUT2D eigenvalue weighted by Gasteiger charge is 2.15. The molecule has 1 heterocycles. The number of anilines is 1. The number of nitro groups is 1. The smallest absolute Gasteiger partial charge is 0.321 e. The highest BCUT2D eigenvalue weighted by Crippen LogP contribution is 2.15. The number of nitrogens with one attached hydrogen (secondary N) is 2. The monoisotopic (exact) mass is 289 g/mol. The summed E-state index contributed by atoms with van der Waals surface area (Å²) < 4.78 is 0. The molecule has 0 aliphatic rings. The number of carbonyl (C=O) groups excluding carboxylic acids is 1. The summed E-state index contributed by atoms with van der Waals surface area (Å²) in [4.78, 5) is 24.4. The molecule has 7 nitrogen and oxygen atoms in total. The van der Waals surface area contributed by atoms with Crippen LogP contribution in [0.5, 0.6) is 0 Å². The number of aromatic nitrogens is 1. The molecule has 0 radical (unpaired) electrons. The van der Waals surface area contributed by atoms with Gasteiger partial charge in [-0.2, -0.15) is 0 Å². The summed E-state index contributed by atoms with van der Waals surface area (Å²) in [6.07, 6.45) is 1.37. The average molecular weight is 289 g/mol. The van der Waals surface area contributed by atoms with Crippen molar-refractivity contribution in [2.75, 3.05) is 11.9 Å². The molecular formula is C14H15N3O4. The molecule has 2 rings (SSSR count). The van der Waals surface area contributed by atoms with Crippen molar-refractivity contribution in [1.29, 1.82) is 0 Å². The van der Waals surface area contributed by atoms with Crippen molar-refractivity contribution in [2.45, 2.75) is 12.8 Å². The van der Waals surface area contributed by atoms with E-state index in [-0.39, 0.29) is 18.1 Å². The van der Waals surface area contributed by atoms with Gasteiger partial charge in [-0.3, -0.25) is 4.79 Å². The molecule has 110 valence electrons. The predicted octanol–water partition coefficient (Wildman–Crippen LogP) is 2.10. The summed E-state index contributed by atoms with van der Waals surface area (Å²) in [5.41, 5.74) is 1.73. The van der Waals surface area contributed by atoms with E-state index in [0.29, 0.717) is 18.5 Å². The van der Waals surface area contributed by atoms with E-state index >= 15 is 0 Å². The maximum absolute atomic E-state index is 12.0. The lowest BCUT2D eigenvalue weighted by atomic mass is 10.1. The van der Waals surface area contributed by atoms with Crippen LogP contribution in [0.25, 0.3) is 0 Å². The summed E-state index contributed by atoms with van der Waals surface area (Å²) in [7, 11) is 0. The van der Waals surface area contributed by atoms with Crippen LogP contribution in [0, 0.1) is 10.1 Å². The Morgan fingerprint density at radius 3 is 2.81 bits per heavy atom. The Morgan fingerprint density at radius 2 is 2.14 bits per heavy atom. The third kappa shape index (κ3) is 3.90. The Hall–Kier alpha value is -2.67. The van der Waals surface area contributed by atoms with Crippen molar-refractivity contribution in [1.82, 2.24) is 4.98 Å². The molecule has 0 atom stereocenters. The molecule has 0 unspecified atom stereocenters. The van der Waals surface area contributed by atoms with Crippen molar-refractivity contribution in [2.24, 2.45) is 0 Å². The van der Waals surface area contributed by atoms with Crippen LogP contribution in [0.4, 0.5) is 11.5 Å². The second kappa shape index (κ2) is 6.67. The number of benzene rings is 1. The van der Waals surface area contributed by atoms with Crippen LogP contribution in [0.3, 0.4) is 0 Å². The number of aromatic amines is 1. The van der Waals surface area contributed by atoms with Crippen molar-refractivity contribution in [3.05, 3.63) is 57.8 Å². The van der Waals surface area contributed by atoms with E-state index in [0.717, 1.165) is 5.56 Å². The van der Waals surface area contributed by atoms with E-state index < -0.39 is 10.8 Å². The quantitative estimate of drug-likeness (QED) is 0.559. The number of hydrogen-bond acceptors (Lipinski definition) is 4. The van der Waals surface area contributed by atoms with Gasteiger partial charge in [-0.05, 0) is 41.5 Å². The largest absolute Gasteiger partial charge is 0.396 e. The van der Waals surface area contributed by atoms with Gasteiger partial charge in [0.1, 0.15) is 0 Å². The van der Waals surface area contributed by atoms with Crippen molar-refractivity contribution < 1.29 is 14.8 Å². The fraction of sp³-hybridized carbons (Fsp3) is 0.214. The molecule has 0 aliphatic carbocycles. The molecule has 2 aromatic rings. The van der Waals surface area contributed by atoms with Crippen LogP contribution >= 0.6 is 0 Å². The van der Waals surface area contributed by atoms with Crippen LogP contribution in [-0.4, -0.2) is 27.5 Å². The summed E-state index contributed by atoms with van der Waals surface area (Å²) in [5, 5.41) is 22.0. The normalized spacial score (nSPS) is 10.3. The first-order valence-corrected chi connectivity index (χ1v) is 6.44. The Balaban J connectivity index is 2.06. The molecule has 21 heavy (non-hydrogen) atoms. The maximum atomic E-state index is 12.0. The van der Waals surface area contributed by atoms with Gasteiger partial charge in [0, 0.05) is 18.4 Å². The minimum atomic E-state index is -0.591. The first kappa shape index (κ1) is 14.7. The van der Waals surface area contributed by atoms with Gasteiger partial charge in [-0.15, -0.1) is 0 Å². The van der Waals surface area contributed by atoms with E-state index in [1.807, 2.05) is 12.1 Å². The molecule has 0 saturated heterocycles. The zero-order chi connectivity index (χ0) is 15.2. The first-order chi connectivity index (χ1) is 10.1. The molecule has 0 aliphatic heterocycles. The number of aliphatic hydroxyl groups is 1. The average Bonchev–Trinajstić information content (AvgIpc) is 2.95. The van der Waals surface area contributed by atoms with E-state index in [1.54, 1.807) is 12.1 Å². The minimum Gasteiger partial charge on any atom is -0.396 e. The zero-order valence-corrected chi connectivity index (χ0v) is 11.2. The Labute approximate surface area is 120 Å². The van der Waals surface area contributed by atoms with Crippen LogP contribution in [0.15, 0.2) is 36.4 Å². The summed E-state index contributed by atoms with van der Waals surface area (Å²) >= 11 is 0. The van der Waals surface area contributed by atoms with E-state index in [2.05, 4.69) is 10.3 Å². The van der Waals surface area contributed by atoms with Crippen LogP contribution in [0.2, 0.25) is 0 Å². The highest BCUT2D eigenvalue weighted by molar-refractivity contribution is 6.03. The standard InChI is InChI=1S/C14H15N3O4/c18-8-2-4-10-3-1-5-11(9-10)15-14(19)12-6-7-13(16-12)17(20)21/h1,3,5-7,9,16,18H,2,4,8H2,(H,15,19). The highest BCUT2D eigenvalue weighted by atomic mass is 16.6. The van der Waals surface area contributed by atoms with E-state index in [1.165, 1.54) is 12.1 Å². The molecule has 3 N–H and O–H groups in total. The van der Waals surface area contributed by atoms with Crippen LogP contribution in [0.1, 0.15) is 22.5 Å². The second-order valence-corrected chi connectivity index (χ2v) is 4.50. The van der Waals surface area contributed by atoms with Crippen molar-refractivity contribution >= 4 is 17.4 Å². The van der Waals surface area contributed by atoms with Crippen LogP contribution < -0.4 is 5.32 Å². The van der Waals surface area contributed by atoms with E-state index in [4.69, 9.17) is 5.11 Å². The van der Waals surface area contributed by atoms with Gasteiger partial charge in [-0.25, -0.2) is 4.98 Å². The lowest BCUT2D eigenvalue weighted by molar-refractivity contribution is -0.389. The molecule has 0 bridgehead atoms. The van der Waals surface area contributed by atoms with Gasteiger partial charge in [0.05, 0.1) is 0 Å². The minimum absolute atomic E-state index is 0.114. The molecule has 1 aromatic carbocycles. The lowest BCUT2D eigenvalue weighted by Gasteiger charge is -2.05. The van der Waals surface area contributed by atoms with Gasteiger partial charge in [0.2, 0.25) is 0 Å². The Kier molecular flexibility index (Phi) is 4.68. The van der Waals surface area contributed by atoms with Gasteiger partial charge < -0.3 is 20.5 Å². The molecule has 1 aromatic heterocycles. The summed E-state index contributed by atoms with van der Waals surface area (Å²) in [5.74, 6) is -0.667. The number of amides is 1. The van der Waals surface area contributed by atoms with Crippen molar-refractivity contribution in [3.63, 3.8) is 0 Å². The SMILES string of the molecule is O=C(Nc1cccc(CCCO)c1)c1ccc([N+](=O)[O-])[nH]1. The number of aliphatic hydroxyl groups excluding tert-OH is 1. The molecule has 0 saturated carbocycles. The van der Waals surface area contributed by atoms with Gasteiger partial charge in [0.25, 0.3) is 5.91 Å². The van der Waals surface area contributed by atoms with Crippen molar-refractivity contribution in [3.8, 4) is 0 Å². The maximum Gasteiger partial charge on any atom is 0.321 e. The first-order valence-electron chi connectivity index (χ1n) is 6.44. The molecule has 1 amide bonds. The number of carbonyl (C=O) groups is 1. The molecule has 0 fully saturated rings. The third-order valence-electron chi connectivity index (χ3n) is 2.92. The topological polar surface area (TPSA) is 108 Å².